The first-order valence-corrected chi connectivity index (χ1v) is 5.04. The van der Waals surface area contributed by atoms with Gasteiger partial charge in [-0.2, -0.15) is 0 Å². The highest BCUT2D eigenvalue weighted by atomic mass is 79.9. The predicted octanol–water partition coefficient (Wildman–Crippen LogP) is 3.20. The Labute approximate surface area is 95.1 Å². The van der Waals surface area contributed by atoms with Gasteiger partial charge in [0.1, 0.15) is 0 Å². The number of hydrogen-bond donors (Lipinski definition) is 0. The van der Waals surface area contributed by atoms with Crippen LogP contribution in [0.4, 0.5) is 10.5 Å². The zero-order valence-electron chi connectivity index (χ0n) is 8.01. The van der Waals surface area contributed by atoms with Crippen molar-refractivity contribution in [2.24, 2.45) is 5.11 Å². The summed E-state index contributed by atoms with van der Waals surface area (Å²) in [5.74, 6) is 0. The molecule has 0 aliphatic rings. The molecule has 0 atom stereocenters. The third kappa shape index (κ3) is 3.67. The van der Waals surface area contributed by atoms with Crippen molar-refractivity contribution in [2.45, 2.75) is 6.92 Å². The van der Waals surface area contributed by atoms with Gasteiger partial charge in [-0.3, -0.25) is 0 Å². The van der Waals surface area contributed by atoms with Crippen LogP contribution in [-0.2, 0) is 4.74 Å². The molecule has 1 amide bonds. The lowest BCUT2D eigenvalue weighted by atomic mass is 10.3. The Bertz CT molecular complexity index is 393. The van der Waals surface area contributed by atoms with E-state index in [9.17, 15) is 10.0 Å². The number of hydrogen-bond acceptors (Lipinski definition) is 3. The van der Waals surface area contributed by atoms with Crippen LogP contribution in [0.25, 0.3) is 0 Å². The molecule has 0 saturated carbocycles. The number of ether oxygens (including phenoxy) is 1. The Balaban J connectivity index is 2.84. The van der Waals surface area contributed by atoms with Gasteiger partial charge in [0.25, 0.3) is 0 Å². The fourth-order valence-electron chi connectivity index (χ4n) is 0.879. The molecule has 0 heterocycles. The van der Waals surface area contributed by atoms with Crippen molar-refractivity contribution in [3.8, 4) is 0 Å². The molecule has 0 fully saturated rings. The number of amides is 1. The molecule has 1 aromatic rings. The van der Waals surface area contributed by atoms with Gasteiger partial charge in [-0.05, 0) is 17.9 Å². The molecule has 0 N–H and O–H groups in total. The van der Waals surface area contributed by atoms with E-state index < -0.39 is 6.09 Å². The molecule has 0 bridgehead atoms. The molecule has 80 valence electrons. The zero-order valence-corrected chi connectivity index (χ0v) is 9.60. The van der Waals surface area contributed by atoms with Crippen molar-refractivity contribution in [3.05, 3.63) is 33.9 Å². The van der Waals surface area contributed by atoms with Crippen molar-refractivity contribution in [2.75, 3.05) is 6.61 Å². The van der Waals surface area contributed by atoms with Crippen LogP contribution in [0.1, 0.15) is 6.92 Å². The van der Waals surface area contributed by atoms with Crippen molar-refractivity contribution in [1.29, 1.82) is 0 Å². The number of benzene rings is 1. The highest BCUT2D eigenvalue weighted by Crippen LogP contribution is 2.18. The summed E-state index contributed by atoms with van der Waals surface area (Å²) in [7, 11) is 0. The second-order valence-electron chi connectivity index (χ2n) is 2.55. The molecule has 6 heteroatoms. The van der Waals surface area contributed by atoms with Crippen molar-refractivity contribution >= 4 is 27.7 Å². The summed E-state index contributed by atoms with van der Waals surface area (Å²) < 4.78 is 5.24. The summed E-state index contributed by atoms with van der Waals surface area (Å²) in [5, 5.41) is 14.5. The van der Waals surface area contributed by atoms with E-state index in [0.29, 0.717) is 0 Å². The van der Waals surface area contributed by atoms with E-state index >= 15 is 0 Å². The Morgan fingerprint density at radius 3 is 3.00 bits per heavy atom. The quantitative estimate of drug-likeness (QED) is 0.472. The Morgan fingerprint density at radius 2 is 2.40 bits per heavy atom. The van der Waals surface area contributed by atoms with E-state index in [-0.39, 0.29) is 17.2 Å². The molecule has 0 radical (unpaired) electrons. The average Bonchev–Trinajstić information content (AvgIpc) is 2.18. The maximum Gasteiger partial charge on any atom is 0.492 e. The third-order valence-electron chi connectivity index (χ3n) is 1.47. The molecule has 0 aromatic heterocycles. The molecule has 15 heavy (non-hydrogen) atoms. The zero-order chi connectivity index (χ0) is 11.3. The lowest BCUT2D eigenvalue weighted by Gasteiger charge is -1.99. The Hall–Kier alpha value is -1.43. The number of azo groups is 1. The molecular weight excluding hydrogens is 264 g/mol. The van der Waals surface area contributed by atoms with Crippen molar-refractivity contribution < 1.29 is 14.4 Å². The van der Waals surface area contributed by atoms with E-state index in [2.05, 4.69) is 25.8 Å². The molecule has 0 unspecified atom stereocenters. The van der Waals surface area contributed by atoms with Crippen LogP contribution in [0.3, 0.4) is 0 Å². The van der Waals surface area contributed by atoms with Gasteiger partial charge >= 0.3 is 6.09 Å². The minimum atomic E-state index is -0.896. The van der Waals surface area contributed by atoms with Crippen LogP contribution in [0, 0.1) is 5.21 Å². The summed E-state index contributed by atoms with van der Waals surface area (Å²) in [6.07, 6.45) is -0.896. The van der Waals surface area contributed by atoms with Crippen molar-refractivity contribution in [3.63, 3.8) is 0 Å². The highest BCUT2D eigenvalue weighted by Gasteiger charge is 2.08. The van der Waals surface area contributed by atoms with Crippen LogP contribution in [0.15, 0.2) is 33.9 Å². The first kappa shape index (κ1) is 11.6. The predicted molar refractivity (Wildman–Crippen MR) is 56.9 cm³/mol. The molecule has 0 saturated heterocycles. The Kier molecular flexibility index (Phi) is 4.23. The maximum atomic E-state index is 11.3. The van der Waals surface area contributed by atoms with Gasteiger partial charge in [0.05, 0.1) is 11.7 Å². The van der Waals surface area contributed by atoms with E-state index in [4.69, 9.17) is 0 Å². The van der Waals surface area contributed by atoms with Crippen LogP contribution in [0.5, 0.6) is 0 Å². The van der Waals surface area contributed by atoms with Crippen LogP contribution in [0.2, 0.25) is 0 Å². The minimum absolute atomic E-state index is 0.189. The lowest BCUT2D eigenvalue weighted by Crippen LogP contribution is -2.02. The fourth-order valence-corrected chi connectivity index (χ4v) is 1.27. The van der Waals surface area contributed by atoms with Crippen molar-refractivity contribution in [1.82, 2.24) is 0 Å². The first-order chi connectivity index (χ1) is 7.13. The van der Waals surface area contributed by atoms with Gasteiger partial charge in [0.2, 0.25) is 5.69 Å². The smallest absolute Gasteiger partial charge is 0.492 e. The molecule has 0 aliphatic carbocycles. The van der Waals surface area contributed by atoms with E-state index in [1.54, 1.807) is 31.2 Å². The summed E-state index contributed by atoms with van der Waals surface area (Å²) >= 11 is 3.20. The standard InChI is InChI=1S/C9H9BrN2O3/c1-2-15-9(13)11-12(14)8-5-3-4-7(10)6-8/h3-6H,2H2,1H3/b12-11-. The highest BCUT2D eigenvalue weighted by molar-refractivity contribution is 9.10. The maximum absolute atomic E-state index is 11.3. The molecule has 1 rings (SSSR count). The fraction of sp³-hybridized carbons (Fsp3) is 0.222. The summed E-state index contributed by atoms with van der Waals surface area (Å²) in [6, 6.07) is 6.53. The molecule has 5 nitrogen and oxygen atoms in total. The minimum Gasteiger partial charge on any atom is -0.594 e. The van der Waals surface area contributed by atoms with Crippen LogP contribution in [-0.4, -0.2) is 17.6 Å². The van der Waals surface area contributed by atoms with Gasteiger partial charge in [0, 0.05) is 16.6 Å². The van der Waals surface area contributed by atoms with Gasteiger partial charge < -0.3 is 9.94 Å². The summed E-state index contributed by atoms with van der Waals surface area (Å²) in [6.45, 7) is 1.83. The summed E-state index contributed by atoms with van der Waals surface area (Å²) in [4.78, 5) is 11.1. The first-order valence-electron chi connectivity index (χ1n) is 4.24. The van der Waals surface area contributed by atoms with Gasteiger partial charge in [-0.1, -0.05) is 22.0 Å². The monoisotopic (exact) mass is 272 g/mol. The number of nitrogens with zero attached hydrogens (tertiary/aromatic N) is 2. The summed E-state index contributed by atoms with van der Waals surface area (Å²) in [5.41, 5.74) is 0.262. The van der Waals surface area contributed by atoms with Gasteiger partial charge in [-0.25, -0.2) is 4.79 Å². The van der Waals surface area contributed by atoms with Gasteiger partial charge in [-0.15, -0.1) is 0 Å². The van der Waals surface area contributed by atoms with Crippen LogP contribution < -0.4 is 0 Å². The largest absolute Gasteiger partial charge is 0.594 e. The molecular formula is C9H9BrN2O3. The average molecular weight is 273 g/mol. The number of rotatable bonds is 2. The van der Waals surface area contributed by atoms with Crippen LogP contribution >= 0.6 is 15.9 Å². The topological polar surface area (TPSA) is 64.7 Å². The number of carbonyl (C=O) groups excluding carboxylic acids is 1. The lowest BCUT2D eigenvalue weighted by molar-refractivity contribution is -0.436. The van der Waals surface area contributed by atoms with E-state index in [0.717, 1.165) is 4.47 Å². The van der Waals surface area contributed by atoms with E-state index in [1.165, 1.54) is 0 Å². The number of halogens is 1. The SMILES string of the molecule is CCOC(=O)/N=[N+](\[O-])c1cccc(Br)c1. The number of carbonyl (C=O) groups is 1. The Morgan fingerprint density at radius 1 is 1.67 bits per heavy atom. The molecule has 0 spiro atoms. The second-order valence-corrected chi connectivity index (χ2v) is 3.47. The second kappa shape index (κ2) is 5.45. The third-order valence-corrected chi connectivity index (χ3v) is 1.96. The van der Waals surface area contributed by atoms with Gasteiger partial charge in [0.15, 0.2) is 0 Å². The van der Waals surface area contributed by atoms with E-state index in [1.807, 2.05) is 0 Å². The molecule has 1 aromatic carbocycles. The molecule has 0 aliphatic heterocycles. The normalized spacial score (nSPS) is 11.2.